The number of carbonyl (C=O) groups excluding carboxylic acids is 1. The number of fused-ring (bicyclic) bond motifs is 1. The number of anilines is 1. The summed E-state index contributed by atoms with van der Waals surface area (Å²) < 4.78 is 0. The molecule has 1 aliphatic rings. The minimum absolute atomic E-state index is 0.00171. The van der Waals surface area contributed by atoms with Gasteiger partial charge in [-0.25, -0.2) is 0 Å². The van der Waals surface area contributed by atoms with Crippen LogP contribution in [0.4, 0.5) is 5.69 Å². The Morgan fingerprint density at radius 2 is 2.22 bits per heavy atom. The van der Waals surface area contributed by atoms with Crippen LogP contribution in [0, 0.1) is 11.3 Å². The molecule has 1 aromatic rings. The normalized spacial score (nSPS) is 14.6. The first-order chi connectivity index (χ1) is 8.49. The molecule has 0 fully saturated rings. The van der Waals surface area contributed by atoms with Crippen molar-refractivity contribution in [2.24, 2.45) is 0 Å². The molecule has 1 heterocycles. The summed E-state index contributed by atoms with van der Waals surface area (Å²) in [6, 6.07) is 8.16. The average molecular weight is 243 g/mol. The molecule has 18 heavy (non-hydrogen) atoms. The van der Waals surface area contributed by atoms with Gasteiger partial charge in [-0.2, -0.15) is 5.26 Å². The molecule has 4 heteroatoms. The molecular weight excluding hydrogens is 226 g/mol. The highest BCUT2D eigenvalue weighted by atomic mass is 16.2. The first-order valence-electron chi connectivity index (χ1n) is 6.00. The first kappa shape index (κ1) is 12.6. The maximum Gasteiger partial charge on any atom is 0.232 e. The van der Waals surface area contributed by atoms with Crippen LogP contribution in [0.5, 0.6) is 0 Å². The third-order valence-electron chi connectivity index (χ3n) is 3.19. The lowest BCUT2D eigenvalue weighted by atomic mass is 10.0. The molecule has 4 nitrogen and oxygen atoms in total. The molecule has 0 unspecified atom stereocenters. The highest BCUT2D eigenvalue weighted by Crippen LogP contribution is 2.34. The van der Waals surface area contributed by atoms with E-state index in [0.717, 1.165) is 23.4 Å². The smallest absolute Gasteiger partial charge is 0.232 e. The molecule has 1 aliphatic heterocycles. The number of hydrogen-bond acceptors (Lipinski definition) is 3. The van der Waals surface area contributed by atoms with Crippen LogP contribution in [0.3, 0.4) is 0 Å². The van der Waals surface area contributed by atoms with E-state index in [1.165, 1.54) is 0 Å². The largest absolute Gasteiger partial charge is 0.316 e. The monoisotopic (exact) mass is 243 g/mol. The molecule has 2 rings (SSSR count). The predicted octanol–water partition coefficient (Wildman–Crippen LogP) is 1.60. The number of nitrogens with zero attached hydrogens (tertiary/aromatic N) is 2. The second kappa shape index (κ2) is 4.43. The fraction of sp³-hybridized carbons (Fsp3) is 0.429. The molecule has 0 saturated heterocycles. The quantitative estimate of drug-likeness (QED) is 0.877. The van der Waals surface area contributed by atoms with Crippen molar-refractivity contribution in [3.8, 4) is 6.07 Å². The van der Waals surface area contributed by atoms with Crippen molar-refractivity contribution in [1.29, 1.82) is 5.26 Å². The van der Waals surface area contributed by atoms with E-state index in [9.17, 15) is 10.1 Å². The van der Waals surface area contributed by atoms with Crippen molar-refractivity contribution in [3.63, 3.8) is 0 Å². The zero-order valence-electron chi connectivity index (χ0n) is 10.9. The number of rotatable bonds is 3. The van der Waals surface area contributed by atoms with Gasteiger partial charge in [0.1, 0.15) is 5.54 Å². The number of nitriles is 1. The van der Waals surface area contributed by atoms with Crippen molar-refractivity contribution in [1.82, 2.24) is 5.32 Å². The zero-order valence-corrected chi connectivity index (χ0v) is 10.9. The molecule has 0 atom stereocenters. The van der Waals surface area contributed by atoms with E-state index in [4.69, 9.17) is 0 Å². The summed E-state index contributed by atoms with van der Waals surface area (Å²) in [6.45, 7) is 4.31. The van der Waals surface area contributed by atoms with Crippen LogP contribution in [0.15, 0.2) is 18.2 Å². The minimum Gasteiger partial charge on any atom is -0.316 e. The van der Waals surface area contributed by atoms with Gasteiger partial charge >= 0.3 is 0 Å². The van der Waals surface area contributed by atoms with Gasteiger partial charge < -0.3 is 5.32 Å². The van der Waals surface area contributed by atoms with Gasteiger partial charge in [0.15, 0.2) is 0 Å². The number of nitrogens with one attached hydrogen (secondary N) is 1. The molecule has 0 aliphatic carbocycles. The maximum atomic E-state index is 12.1. The van der Waals surface area contributed by atoms with Crippen LogP contribution in [-0.2, 0) is 17.8 Å². The van der Waals surface area contributed by atoms with Crippen LogP contribution < -0.4 is 10.2 Å². The fourth-order valence-corrected chi connectivity index (χ4v) is 2.35. The Morgan fingerprint density at radius 3 is 2.83 bits per heavy atom. The van der Waals surface area contributed by atoms with Crippen molar-refractivity contribution >= 4 is 11.6 Å². The summed E-state index contributed by atoms with van der Waals surface area (Å²) in [5.41, 5.74) is 2.23. The lowest BCUT2D eigenvalue weighted by Crippen LogP contribution is -2.44. The molecule has 0 bridgehead atoms. The van der Waals surface area contributed by atoms with Crippen LogP contribution >= 0.6 is 0 Å². The molecular formula is C14H17N3O. The third-order valence-corrected chi connectivity index (χ3v) is 3.19. The topological polar surface area (TPSA) is 56.1 Å². The van der Waals surface area contributed by atoms with Gasteiger partial charge in [-0.15, -0.1) is 0 Å². The fourth-order valence-electron chi connectivity index (χ4n) is 2.35. The molecule has 0 radical (unpaired) electrons. The summed E-state index contributed by atoms with van der Waals surface area (Å²) in [5, 5.41) is 12.3. The Kier molecular flexibility index (Phi) is 3.10. The average Bonchev–Trinajstić information content (AvgIpc) is 2.65. The standard InChI is InChI=1S/C14H17N3O/c1-14(2,9-15)17-12-5-4-10(8-16-3)6-11(12)7-13(17)18/h4-6,16H,7-8H2,1-3H3. The Morgan fingerprint density at radius 1 is 1.50 bits per heavy atom. The lowest BCUT2D eigenvalue weighted by molar-refractivity contribution is -0.118. The molecule has 1 N–H and O–H groups in total. The van der Waals surface area contributed by atoms with Crippen molar-refractivity contribution in [3.05, 3.63) is 29.3 Å². The number of amides is 1. The predicted molar refractivity (Wildman–Crippen MR) is 70.1 cm³/mol. The maximum absolute atomic E-state index is 12.1. The van der Waals surface area contributed by atoms with E-state index in [-0.39, 0.29) is 5.91 Å². The van der Waals surface area contributed by atoms with Crippen molar-refractivity contribution in [2.45, 2.75) is 32.4 Å². The molecule has 0 saturated carbocycles. The second-order valence-corrected chi connectivity index (χ2v) is 5.07. The molecule has 1 amide bonds. The van der Waals surface area contributed by atoms with E-state index < -0.39 is 5.54 Å². The number of hydrogen-bond donors (Lipinski definition) is 1. The molecule has 94 valence electrons. The SMILES string of the molecule is CNCc1ccc2c(c1)CC(=O)N2C(C)(C)C#N. The van der Waals surface area contributed by atoms with Gasteiger partial charge in [0.25, 0.3) is 0 Å². The Labute approximate surface area is 107 Å². The first-order valence-corrected chi connectivity index (χ1v) is 6.00. The summed E-state index contributed by atoms with van der Waals surface area (Å²) in [5.74, 6) is -0.00171. The third kappa shape index (κ3) is 1.98. The van der Waals surface area contributed by atoms with E-state index in [1.807, 2.05) is 25.2 Å². The van der Waals surface area contributed by atoms with E-state index >= 15 is 0 Å². The van der Waals surface area contributed by atoms with Crippen molar-refractivity contribution < 1.29 is 4.79 Å². The number of carbonyl (C=O) groups is 1. The number of benzene rings is 1. The molecule has 0 aromatic heterocycles. The van der Waals surface area contributed by atoms with Crippen LogP contribution in [0.25, 0.3) is 0 Å². The second-order valence-electron chi connectivity index (χ2n) is 5.07. The van der Waals surface area contributed by atoms with Gasteiger partial charge in [0.05, 0.1) is 12.5 Å². The van der Waals surface area contributed by atoms with Crippen LogP contribution in [-0.4, -0.2) is 18.5 Å². The minimum atomic E-state index is -0.799. The molecule has 0 spiro atoms. The Balaban J connectivity index is 2.42. The van der Waals surface area contributed by atoms with E-state index in [1.54, 1.807) is 18.7 Å². The van der Waals surface area contributed by atoms with Gasteiger partial charge in [-0.05, 0) is 38.1 Å². The van der Waals surface area contributed by atoms with E-state index in [0.29, 0.717) is 6.42 Å². The Hall–Kier alpha value is -1.86. The highest BCUT2D eigenvalue weighted by molar-refractivity contribution is 6.03. The van der Waals surface area contributed by atoms with Gasteiger partial charge in [-0.1, -0.05) is 12.1 Å². The van der Waals surface area contributed by atoms with Gasteiger partial charge in [-0.3, -0.25) is 9.69 Å². The summed E-state index contributed by atoms with van der Waals surface area (Å²) in [4.78, 5) is 13.7. The van der Waals surface area contributed by atoms with Gasteiger partial charge in [0.2, 0.25) is 5.91 Å². The Bertz CT molecular complexity index is 528. The van der Waals surface area contributed by atoms with Crippen molar-refractivity contribution in [2.75, 3.05) is 11.9 Å². The molecule has 1 aromatic carbocycles. The van der Waals surface area contributed by atoms with Crippen LogP contribution in [0.2, 0.25) is 0 Å². The lowest BCUT2D eigenvalue weighted by Gasteiger charge is -2.29. The van der Waals surface area contributed by atoms with Crippen LogP contribution in [0.1, 0.15) is 25.0 Å². The zero-order chi connectivity index (χ0) is 13.3. The summed E-state index contributed by atoms with van der Waals surface area (Å²) >= 11 is 0. The highest BCUT2D eigenvalue weighted by Gasteiger charge is 2.38. The summed E-state index contributed by atoms with van der Waals surface area (Å²) in [6.07, 6.45) is 0.387. The van der Waals surface area contributed by atoms with Gasteiger partial charge in [0, 0.05) is 12.2 Å². The van der Waals surface area contributed by atoms with E-state index in [2.05, 4.69) is 11.4 Å². The summed E-state index contributed by atoms with van der Waals surface area (Å²) in [7, 11) is 1.89.